The molecule has 0 radical (unpaired) electrons. The van der Waals surface area contributed by atoms with Gasteiger partial charge in [0.25, 0.3) is 5.91 Å². The van der Waals surface area contributed by atoms with Gasteiger partial charge in [-0.3, -0.25) is 4.79 Å². The Balaban J connectivity index is 2.19. The summed E-state index contributed by atoms with van der Waals surface area (Å²) < 4.78 is 0. The van der Waals surface area contributed by atoms with Crippen molar-refractivity contribution in [2.75, 3.05) is 11.9 Å². The summed E-state index contributed by atoms with van der Waals surface area (Å²) in [7, 11) is 0. The highest BCUT2D eigenvalue weighted by molar-refractivity contribution is 6.30. The molecule has 1 aromatic heterocycles. The van der Waals surface area contributed by atoms with Crippen LogP contribution >= 0.6 is 11.6 Å². The number of rotatable bonds is 2. The van der Waals surface area contributed by atoms with Gasteiger partial charge in [0.2, 0.25) is 0 Å². The van der Waals surface area contributed by atoms with E-state index in [-0.39, 0.29) is 17.9 Å². The van der Waals surface area contributed by atoms with E-state index in [1.807, 2.05) is 0 Å². The van der Waals surface area contributed by atoms with E-state index >= 15 is 0 Å². The van der Waals surface area contributed by atoms with Crippen molar-refractivity contribution in [3.05, 3.63) is 52.7 Å². The van der Waals surface area contributed by atoms with Crippen LogP contribution < -0.4 is 5.32 Å². The van der Waals surface area contributed by atoms with Gasteiger partial charge < -0.3 is 15.5 Å². The lowest BCUT2D eigenvalue weighted by molar-refractivity contribution is 0.102. The number of aliphatic hydroxyl groups excluding tert-OH is 1. The maximum Gasteiger partial charge on any atom is 0.260 e. The van der Waals surface area contributed by atoms with Crippen LogP contribution in [-0.4, -0.2) is 27.7 Å². The summed E-state index contributed by atoms with van der Waals surface area (Å²) in [5, 5.41) is 21.2. The quantitative estimate of drug-likeness (QED) is 0.741. The minimum Gasteiger partial charge on any atom is -0.507 e. The Morgan fingerprint density at radius 2 is 2.14 bits per heavy atom. The Morgan fingerprint density at radius 3 is 2.86 bits per heavy atom. The smallest absolute Gasteiger partial charge is 0.260 e. The van der Waals surface area contributed by atoms with Crippen molar-refractivity contribution in [1.29, 1.82) is 0 Å². The van der Waals surface area contributed by atoms with Gasteiger partial charge in [0.05, 0.1) is 5.56 Å². The van der Waals surface area contributed by atoms with Gasteiger partial charge in [-0.1, -0.05) is 23.6 Å². The van der Waals surface area contributed by atoms with E-state index in [4.69, 9.17) is 16.7 Å². The minimum atomic E-state index is -0.510. The van der Waals surface area contributed by atoms with E-state index < -0.39 is 5.91 Å². The fourth-order valence-electron chi connectivity index (χ4n) is 1.58. The van der Waals surface area contributed by atoms with Crippen molar-refractivity contribution >= 4 is 23.3 Å². The first-order valence-electron chi connectivity index (χ1n) is 5.97. The molecule has 5 nitrogen and oxygen atoms in total. The molecule has 0 aliphatic carbocycles. The fraction of sp³-hybridized carbons (Fsp3) is 0.0667. The number of nitrogens with zero attached hydrogens (tertiary/aromatic N) is 1. The number of nitrogens with one attached hydrogen (secondary N) is 1. The number of phenolic OH excluding ortho intramolecular Hbond substituents is 1. The second-order valence-corrected chi connectivity index (χ2v) is 4.42. The second-order valence-electron chi connectivity index (χ2n) is 3.98. The third-order valence-corrected chi connectivity index (χ3v) is 2.73. The van der Waals surface area contributed by atoms with Gasteiger partial charge in [-0.05, 0) is 36.3 Å². The maximum absolute atomic E-state index is 12.0. The zero-order chi connectivity index (χ0) is 15.2. The Morgan fingerprint density at radius 1 is 1.33 bits per heavy atom. The SMILES string of the molecule is O=C(Nc1cccc(C#CCO)n1)c1ccc(Cl)cc1O. The lowest BCUT2D eigenvalue weighted by Gasteiger charge is -2.06. The molecule has 1 aromatic carbocycles. The normalized spacial score (nSPS) is 9.62. The highest BCUT2D eigenvalue weighted by Gasteiger charge is 2.12. The zero-order valence-corrected chi connectivity index (χ0v) is 11.6. The number of hydrogen-bond acceptors (Lipinski definition) is 4. The molecule has 1 heterocycles. The molecule has 0 aliphatic heterocycles. The van der Waals surface area contributed by atoms with Crippen LogP contribution in [0.25, 0.3) is 0 Å². The summed E-state index contributed by atoms with van der Waals surface area (Å²) >= 11 is 5.71. The number of anilines is 1. The lowest BCUT2D eigenvalue weighted by atomic mass is 10.2. The summed E-state index contributed by atoms with van der Waals surface area (Å²) in [6, 6.07) is 9.13. The van der Waals surface area contributed by atoms with E-state index in [2.05, 4.69) is 22.1 Å². The molecule has 2 aromatic rings. The van der Waals surface area contributed by atoms with Crippen molar-refractivity contribution in [2.24, 2.45) is 0 Å². The number of aromatic hydroxyl groups is 1. The average Bonchev–Trinajstić information content (AvgIpc) is 2.45. The lowest BCUT2D eigenvalue weighted by Crippen LogP contribution is -2.13. The molecule has 0 unspecified atom stereocenters. The molecule has 106 valence electrons. The van der Waals surface area contributed by atoms with Crippen LogP contribution in [0.1, 0.15) is 16.1 Å². The molecule has 6 heteroatoms. The van der Waals surface area contributed by atoms with Crippen molar-refractivity contribution in [2.45, 2.75) is 0 Å². The molecule has 0 atom stereocenters. The van der Waals surface area contributed by atoms with E-state index in [9.17, 15) is 9.90 Å². The van der Waals surface area contributed by atoms with Gasteiger partial charge in [-0.2, -0.15) is 0 Å². The number of carbonyl (C=O) groups excluding carboxylic acids is 1. The average molecular weight is 303 g/mol. The number of halogens is 1. The third kappa shape index (κ3) is 3.96. The molecule has 0 saturated heterocycles. The van der Waals surface area contributed by atoms with Crippen molar-refractivity contribution in [3.8, 4) is 17.6 Å². The summed E-state index contributed by atoms with van der Waals surface area (Å²) in [4.78, 5) is 16.1. The molecule has 0 spiro atoms. The topological polar surface area (TPSA) is 82.5 Å². The number of hydrogen-bond donors (Lipinski definition) is 3. The largest absolute Gasteiger partial charge is 0.507 e. The molecule has 0 aliphatic rings. The molecule has 0 fully saturated rings. The molecular weight excluding hydrogens is 292 g/mol. The first-order valence-corrected chi connectivity index (χ1v) is 6.34. The Hall–Kier alpha value is -2.55. The Kier molecular flexibility index (Phi) is 4.77. The Bertz CT molecular complexity index is 735. The van der Waals surface area contributed by atoms with Crippen LogP contribution in [0.15, 0.2) is 36.4 Å². The molecular formula is C15H11ClN2O3. The fourth-order valence-corrected chi connectivity index (χ4v) is 1.75. The molecule has 21 heavy (non-hydrogen) atoms. The van der Waals surface area contributed by atoms with Crippen LogP contribution in [0.4, 0.5) is 5.82 Å². The second kappa shape index (κ2) is 6.75. The van der Waals surface area contributed by atoms with Gasteiger partial charge in [-0.15, -0.1) is 0 Å². The molecule has 3 N–H and O–H groups in total. The number of pyridine rings is 1. The van der Waals surface area contributed by atoms with Gasteiger partial charge >= 0.3 is 0 Å². The first-order chi connectivity index (χ1) is 10.1. The predicted octanol–water partition coefficient (Wildman–Crippen LogP) is 2.04. The number of benzene rings is 1. The highest BCUT2D eigenvalue weighted by Crippen LogP contribution is 2.22. The first kappa shape index (κ1) is 14.9. The van der Waals surface area contributed by atoms with Gasteiger partial charge in [0, 0.05) is 5.02 Å². The zero-order valence-electron chi connectivity index (χ0n) is 10.8. The van der Waals surface area contributed by atoms with Crippen LogP contribution in [0.3, 0.4) is 0 Å². The third-order valence-electron chi connectivity index (χ3n) is 2.49. The van der Waals surface area contributed by atoms with Crippen LogP contribution in [0.2, 0.25) is 5.02 Å². The van der Waals surface area contributed by atoms with Crippen LogP contribution in [-0.2, 0) is 0 Å². The van der Waals surface area contributed by atoms with E-state index in [1.54, 1.807) is 18.2 Å². The van der Waals surface area contributed by atoms with Crippen molar-refractivity contribution in [3.63, 3.8) is 0 Å². The number of aromatic nitrogens is 1. The molecule has 2 rings (SSSR count). The van der Waals surface area contributed by atoms with Crippen molar-refractivity contribution < 1.29 is 15.0 Å². The minimum absolute atomic E-state index is 0.0908. The maximum atomic E-state index is 12.0. The molecule has 0 saturated carbocycles. The number of amides is 1. The number of carbonyl (C=O) groups is 1. The summed E-state index contributed by atoms with van der Waals surface area (Å²) in [6.07, 6.45) is 0. The van der Waals surface area contributed by atoms with Crippen LogP contribution in [0, 0.1) is 11.8 Å². The van der Waals surface area contributed by atoms with Crippen LogP contribution in [0.5, 0.6) is 5.75 Å². The van der Waals surface area contributed by atoms with E-state index in [0.29, 0.717) is 16.5 Å². The van der Waals surface area contributed by atoms with Gasteiger partial charge in [0.1, 0.15) is 23.9 Å². The standard InChI is InChI=1S/C15H11ClN2O3/c16-10-6-7-12(13(20)9-10)15(21)18-14-5-1-3-11(17-14)4-2-8-19/h1,3,5-7,9,19-20H,8H2,(H,17,18,21). The predicted molar refractivity (Wildman–Crippen MR) is 79.3 cm³/mol. The number of aliphatic hydroxyl groups is 1. The summed E-state index contributed by atoms with van der Waals surface area (Å²) in [5.74, 6) is 4.67. The van der Waals surface area contributed by atoms with E-state index in [0.717, 1.165) is 0 Å². The summed E-state index contributed by atoms with van der Waals surface area (Å²) in [6.45, 7) is -0.267. The Labute approximate surface area is 126 Å². The molecule has 0 bridgehead atoms. The number of phenols is 1. The van der Waals surface area contributed by atoms with Gasteiger partial charge in [-0.25, -0.2) is 4.98 Å². The van der Waals surface area contributed by atoms with Crippen molar-refractivity contribution in [1.82, 2.24) is 4.98 Å². The monoisotopic (exact) mass is 302 g/mol. The summed E-state index contributed by atoms with van der Waals surface area (Å²) in [5.41, 5.74) is 0.509. The molecule has 1 amide bonds. The highest BCUT2D eigenvalue weighted by atomic mass is 35.5. The van der Waals surface area contributed by atoms with E-state index in [1.165, 1.54) is 18.2 Å². The van der Waals surface area contributed by atoms with Gasteiger partial charge in [0.15, 0.2) is 0 Å².